The molecule has 10 heteroatoms. The number of fused-ring (bicyclic) bond motifs is 2. The summed E-state index contributed by atoms with van der Waals surface area (Å²) >= 11 is 0. The molecule has 5 N–H and O–H groups in total. The molecular formula is C19H15FN4O5. The average molecular weight is 398 g/mol. The van der Waals surface area contributed by atoms with Gasteiger partial charge in [0.2, 0.25) is 5.91 Å². The van der Waals surface area contributed by atoms with Crippen molar-refractivity contribution < 1.29 is 28.3 Å². The molecule has 3 atom stereocenters. The SMILES string of the molecule is NC(=O)[C@@H]1Oc2ccc(F)cc2C2(NC(=O)NC2=O)C1C(=O)Nc1ccccc1. The molecule has 0 saturated carbocycles. The second-order valence-electron chi connectivity index (χ2n) is 6.63. The Labute approximate surface area is 163 Å². The van der Waals surface area contributed by atoms with Gasteiger partial charge in [-0.15, -0.1) is 0 Å². The van der Waals surface area contributed by atoms with Gasteiger partial charge in [0.05, 0.1) is 0 Å². The lowest BCUT2D eigenvalue weighted by Gasteiger charge is -2.42. The van der Waals surface area contributed by atoms with Crippen LogP contribution in [-0.4, -0.2) is 29.9 Å². The molecule has 0 radical (unpaired) electrons. The van der Waals surface area contributed by atoms with Crippen molar-refractivity contribution in [1.29, 1.82) is 0 Å². The highest BCUT2D eigenvalue weighted by Crippen LogP contribution is 2.45. The molecule has 0 bridgehead atoms. The maximum Gasteiger partial charge on any atom is 0.322 e. The monoisotopic (exact) mass is 398 g/mol. The zero-order chi connectivity index (χ0) is 20.8. The molecule has 4 rings (SSSR count). The minimum absolute atomic E-state index is 0.0451. The molecule has 29 heavy (non-hydrogen) atoms. The van der Waals surface area contributed by atoms with Crippen molar-refractivity contribution in [2.75, 3.05) is 5.32 Å². The van der Waals surface area contributed by atoms with E-state index in [0.29, 0.717) is 5.69 Å². The molecule has 1 spiro atoms. The van der Waals surface area contributed by atoms with E-state index in [-0.39, 0.29) is 11.3 Å². The number of carbonyl (C=O) groups excluding carboxylic acids is 4. The number of halogens is 1. The van der Waals surface area contributed by atoms with Crippen LogP contribution in [0.15, 0.2) is 48.5 Å². The number of primary amides is 1. The summed E-state index contributed by atoms with van der Waals surface area (Å²) in [6, 6.07) is 10.6. The van der Waals surface area contributed by atoms with Gasteiger partial charge in [-0.25, -0.2) is 9.18 Å². The predicted octanol–water partition coefficient (Wildman–Crippen LogP) is 0.362. The fourth-order valence-corrected chi connectivity index (χ4v) is 3.69. The zero-order valence-corrected chi connectivity index (χ0v) is 14.8. The number of para-hydroxylation sites is 1. The van der Waals surface area contributed by atoms with E-state index in [2.05, 4.69) is 10.6 Å². The summed E-state index contributed by atoms with van der Waals surface area (Å²) in [6.45, 7) is 0. The number of amides is 5. The number of hydrogen-bond acceptors (Lipinski definition) is 5. The van der Waals surface area contributed by atoms with E-state index in [4.69, 9.17) is 10.5 Å². The number of urea groups is 1. The summed E-state index contributed by atoms with van der Waals surface area (Å²) in [5.74, 6) is -5.12. The summed E-state index contributed by atoms with van der Waals surface area (Å²) in [6.07, 6.45) is -1.60. The smallest absolute Gasteiger partial charge is 0.322 e. The minimum Gasteiger partial charge on any atom is -0.479 e. The van der Waals surface area contributed by atoms with Crippen LogP contribution >= 0.6 is 0 Å². The van der Waals surface area contributed by atoms with Gasteiger partial charge in [-0.05, 0) is 30.3 Å². The largest absolute Gasteiger partial charge is 0.479 e. The van der Waals surface area contributed by atoms with Crippen LogP contribution in [0.1, 0.15) is 5.56 Å². The molecule has 2 aliphatic heterocycles. The first-order valence-electron chi connectivity index (χ1n) is 8.58. The molecule has 2 heterocycles. The first kappa shape index (κ1) is 18.4. The molecule has 0 aromatic heterocycles. The Balaban J connectivity index is 1.89. The quantitative estimate of drug-likeness (QED) is 0.553. The van der Waals surface area contributed by atoms with E-state index in [0.717, 1.165) is 12.1 Å². The van der Waals surface area contributed by atoms with Crippen molar-refractivity contribution in [1.82, 2.24) is 10.6 Å². The molecule has 148 valence electrons. The maximum atomic E-state index is 14.0. The Bertz CT molecular complexity index is 1040. The average Bonchev–Trinajstić information content (AvgIpc) is 2.97. The molecule has 2 aliphatic rings. The number of ether oxygens (including phenoxy) is 1. The van der Waals surface area contributed by atoms with Gasteiger partial charge in [0, 0.05) is 11.3 Å². The Morgan fingerprint density at radius 2 is 1.86 bits per heavy atom. The lowest BCUT2D eigenvalue weighted by Crippen LogP contribution is -2.64. The van der Waals surface area contributed by atoms with E-state index in [1.165, 1.54) is 6.07 Å². The fourth-order valence-electron chi connectivity index (χ4n) is 3.69. The molecule has 1 saturated heterocycles. The molecule has 2 unspecified atom stereocenters. The molecule has 5 amide bonds. The van der Waals surface area contributed by atoms with E-state index in [1.807, 2.05) is 5.32 Å². The van der Waals surface area contributed by atoms with E-state index >= 15 is 0 Å². The van der Waals surface area contributed by atoms with Gasteiger partial charge in [-0.1, -0.05) is 18.2 Å². The lowest BCUT2D eigenvalue weighted by atomic mass is 9.72. The Hall–Kier alpha value is -3.95. The molecule has 2 aromatic carbocycles. The molecule has 0 aliphatic carbocycles. The van der Waals surface area contributed by atoms with Crippen LogP contribution < -0.4 is 26.4 Å². The lowest BCUT2D eigenvalue weighted by molar-refractivity contribution is -0.144. The van der Waals surface area contributed by atoms with Gasteiger partial charge < -0.3 is 21.1 Å². The highest BCUT2D eigenvalue weighted by Gasteiger charge is 2.64. The summed E-state index contributed by atoms with van der Waals surface area (Å²) in [7, 11) is 0. The van der Waals surface area contributed by atoms with Crippen LogP contribution in [0.2, 0.25) is 0 Å². The van der Waals surface area contributed by atoms with Crippen molar-refractivity contribution in [3.63, 3.8) is 0 Å². The van der Waals surface area contributed by atoms with Crippen molar-refractivity contribution in [3.8, 4) is 5.75 Å². The van der Waals surface area contributed by atoms with E-state index in [9.17, 15) is 23.6 Å². The number of benzene rings is 2. The first-order valence-corrected chi connectivity index (χ1v) is 8.58. The molecule has 2 aromatic rings. The summed E-state index contributed by atoms with van der Waals surface area (Å²) in [5, 5.41) is 7.01. The first-order chi connectivity index (χ1) is 13.8. The normalized spacial score (nSPS) is 24.9. The summed E-state index contributed by atoms with van der Waals surface area (Å²) < 4.78 is 19.6. The van der Waals surface area contributed by atoms with Gasteiger partial charge in [0.25, 0.3) is 11.8 Å². The standard InChI is InChI=1S/C19H15FN4O5/c20-9-6-7-12-11(8-9)19(17(27)23-18(28)24-19)13(14(29-12)15(21)25)16(26)22-10-4-2-1-3-5-10/h1-8,13-14H,(H2,21,25)(H,22,26)(H2,23,24,27,28)/t13?,14-,19?/m1/s1. The highest BCUT2D eigenvalue weighted by atomic mass is 19.1. The number of rotatable bonds is 3. The van der Waals surface area contributed by atoms with Crippen molar-refractivity contribution in [2.24, 2.45) is 11.7 Å². The van der Waals surface area contributed by atoms with Crippen molar-refractivity contribution in [3.05, 3.63) is 59.9 Å². The van der Waals surface area contributed by atoms with E-state index < -0.39 is 47.1 Å². The van der Waals surface area contributed by atoms with Crippen LogP contribution in [0, 0.1) is 11.7 Å². The van der Waals surface area contributed by atoms with Crippen LogP contribution in [0.5, 0.6) is 5.75 Å². The maximum absolute atomic E-state index is 14.0. The van der Waals surface area contributed by atoms with Crippen molar-refractivity contribution >= 4 is 29.4 Å². The number of nitrogens with two attached hydrogens (primary N) is 1. The van der Waals surface area contributed by atoms with Crippen LogP contribution in [0.25, 0.3) is 0 Å². The zero-order valence-electron chi connectivity index (χ0n) is 14.8. The van der Waals surface area contributed by atoms with E-state index in [1.54, 1.807) is 30.3 Å². The minimum atomic E-state index is -2.08. The number of imide groups is 1. The Morgan fingerprint density at radius 1 is 1.14 bits per heavy atom. The Kier molecular flexibility index (Phi) is 4.18. The van der Waals surface area contributed by atoms with Gasteiger partial charge in [0.1, 0.15) is 17.5 Å². The third kappa shape index (κ3) is 2.85. The second-order valence-corrected chi connectivity index (χ2v) is 6.63. The van der Waals surface area contributed by atoms with Crippen molar-refractivity contribution in [2.45, 2.75) is 11.6 Å². The van der Waals surface area contributed by atoms with Gasteiger partial charge in [-0.2, -0.15) is 0 Å². The highest BCUT2D eigenvalue weighted by molar-refractivity contribution is 6.13. The van der Waals surface area contributed by atoms with Gasteiger partial charge in [-0.3, -0.25) is 19.7 Å². The number of carbonyl (C=O) groups is 4. The van der Waals surface area contributed by atoms with Crippen LogP contribution in [0.4, 0.5) is 14.9 Å². The second kappa shape index (κ2) is 6.59. The third-order valence-corrected chi connectivity index (χ3v) is 4.89. The summed E-state index contributed by atoms with van der Waals surface area (Å²) in [5.41, 5.74) is 3.66. The molecular weight excluding hydrogens is 383 g/mol. The topological polar surface area (TPSA) is 140 Å². The van der Waals surface area contributed by atoms with Crippen LogP contribution in [0.3, 0.4) is 0 Å². The number of nitrogens with one attached hydrogen (secondary N) is 3. The van der Waals surface area contributed by atoms with Gasteiger partial charge >= 0.3 is 6.03 Å². The predicted molar refractivity (Wildman–Crippen MR) is 96.9 cm³/mol. The molecule has 1 fully saturated rings. The number of hydrogen-bond donors (Lipinski definition) is 4. The number of anilines is 1. The summed E-state index contributed by atoms with van der Waals surface area (Å²) in [4.78, 5) is 50.2. The third-order valence-electron chi connectivity index (χ3n) is 4.89. The molecule has 9 nitrogen and oxygen atoms in total. The van der Waals surface area contributed by atoms with Crippen LogP contribution in [-0.2, 0) is 19.9 Å². The fraction of sp³-hybridized carbons (Fsp3) is 0.158. The Morgan fingerprint density at radius 3 is 2.48 bits per heavy atom. The van der Waals surface area contributed by atoms with Gasteiger partial charge in [0.15, 0.2) is 11.6 Å².